The van der Waals surface area contributed by atoms with Crippen molar-refractivity contribution in [3.05, 3.63) is 51.5 Å². The van der Waals surface area contributed by atoms with E-state index in [1.165, 1.54) is 53.2 Å². The van der Waals surface area contributed by atoms with Gasteiger partial charge in [0.25, 0.3) is 0 Å². The van der Waals surface area contributed by atoms with Crippen LogP contribution in [0.4, 0.5) is 0 Å². The van der Waals surface area contributed by atoms with Gasteiger partial charge in [-0.05, 0) is 44.2 Å². The van der Waals surface area contributed by atoms with Gasteiger partial charge >= 0.3 is 0 Å². The van der Waals surface area contributed by atoms with Gasteiger partial charge in [-0.2, -0.15) is 0 Å². The quantitative estimate of drug-likeness (QED) is 0.914. The lowest BCUT2D eigenvalue weighted by molar-refractivity contribution is 0.464. The fraction of sp³-hybridized carbons (Fsp3) is 0.500. The summed E-state index contributed by atoms with van der Waals surface area (Å²) in [4.78, 5) is 6.65. The Hall–Kier alpha value is -1.19. The molecule has 1 heterocycles. The lowest BCUT2D eigenvalue weighted by Crippen LogP contribution is -2.24. The maximum Gasteiger partial charge on any atom is 0.104 e. The summed E-state index contributed by atoms with van der Waals surface area (Å²) in [6.45, 7) is 3.22. The molecule has 1 aromatic carbocycles. The maximum absolute atomic E-state index is 5.12. The summed E-state index contributed by atoms with van der Waals surface area (Å²) < 4.78 is 0. The smallest absolute Gasteiger partial charge is 0.104 e. The summed E-state index contributed by atoms with van der Waals surface area (Å²) in [5.41, 5.74) is 3.04. The fourth-order valence-electron chi connectivity index (χ4n) is 3.58. The number of fused-ring (bicyclic) bond motifs is 1. The number of nitrogens with one attached hydrogen (secondary N) is 1. The molecule has 2 aliphatic rings. The number of hydrogen-bond donors (Lipinski definition) is 1. The molecule has 4 rings (SSSR count). The number of rotatable bonds is 4. The minimum absolute atomic E-state index is 0.236. The van der Waals surface area contributed by atoms with Crippen molar-refractivity contribution in [1.29, 1.82) is 0 Å². The van der Waals surface area contributed by atoms with Crippen molar-refractivity contribution < 1.29 is 0 Å². The molecular formula is C18H22N2S. The predicted octanol–water partition coefficient (Wildman–Crippen LogP) is 4.21. The Morgan fingerprint density at radius 1 is 1.29 bits per heavy atom. The molecule has 0 saturated heterocycles. The van der Waals surface area contributed by atoms with Gasteiger partial charge in [0.2, 0.25) is 0 Å². The van der Waals surface area contributed by atoms with Crippen LogP contribution < -0.4 is 5.32 Å². The Balaban J connectivity index is 1.71. The Kier molecular flexibility index (Phi) is 3.35. The van der Waals surface area contributed by atoms with Crippen LogP contribution >= 0.6 is 11.3 Å². The van der Waals surface area contributed by atoms with Crippen LogP contribution in [0.3, 0.4) is 0 Å². The van der Waals surface area contributed by atoms with Crippen molar-refractivity contribution in [2.24, 2.45) is 0 Å². The average Bonchev–Trinajstić information content (AvgIpc) is 3.22. The summed E-state index contributed by atoms with van der Waals surface area (Å²) in [5, 5.41) is 4.97. The molecule has 3 heteroatoms. The molecule has 1 N–H and O–H groups in total. The van der Waals surface area contributed by atoms with E-state index in [0.717, 1.165) is 6.54 Å². The third-order valence-electron chi connectivity index (χ3n) is 4.89. The first kappa shape index (κ1) is 13.5. The minimum Gasteiger partial charge on any atom is -0.309 e. The summed E-state index contributed by atoms with van der Waals surface area (Å²) >= 11 is 1.98. The number of aromatic nitrogens is 1. The van der Waals surface area contributed by atoms with Gasteiger partial charge in [-0.1, -0.05) is 37.3 Å². The first-order valence-corrected chi connectivity index (χ1v) is 8.94. The molecule has 0 spiro atoms. The molecule has 2 aromatic rings. The van der Waals surface area contributed by atoms with Gasteiger partial charge in [0.15, 0.2) is 0 Å². The zero-order valence-electron chi connectivity index (χ0n) is 12.6. The van der Waals surface area contributed by atoms with Crippen LogP contribution in [0.1, 0.15) is 59.8 Å². The third-order valence-corrected chi connectivity index (χ3v) is 6.23. The summed E-state index contributed by atoms with van der Waals surface area (Å²) in [7, 11) is 0. The number of aryl methyl sites for hydroxylation is 1. The van der Waals surface area contributed by atoms with Crippen molar-refractivity contribution in [2.45, 2.75) is 50.5 Å². The molecule has 1 fully saturated rings. The Labute approximate surface area is 130 Å². The predicted molar refractivity (Wildman–Crippen MR) is 87.9 cm³/mol. The van der Waals surface area contributed by atoms with Crippen LogP contribution in [-0.2, 0) is 11.8 Å². The normalized spacial score (nSPS) is 22.8. The van der Waals surface area contributed by atoms with Crippen LogP contribution in [-0.4, -0.2) is 11.5 Å². The van der Waals surface area contributed by atoms with Crippen LogP contribution in [0, 0.1) is 0 Å². The lowest BCUT2D eigenvalue weighted by Gasteiger charge is -2.21. The van der Waals surface area contributed by atoms with Gasteiger partial charge in [-0.25, -0.2) is 4.98 Å². The molecule has 1 aromatic heterocycles. The highest BCUT2D eigenvalue weighted by Gasteiger charge is 2.49. The number of nitrogens with zero attached hydrogens (tertiary/aromatic N) is 1. The summed E-state index contributed by atoms with van der Waals surface area (Å²) in [6.07, 6.45) is 6.28. The molecule has 0 bridgehead atoms. The average molecular weight is 298 g/mol. The standard InChI is InChI=1S/C18H22N2S/c1-2-19-14-9-6-10-15-16(14)20-17(21-15)18(11-12-18)13-7-4-3-5-8-13/h3-5,7-8,14,19H,2,6,9-12H2,1H3. The zero-order chi connectivity index (χ0) is 14.3. The first-order valence-electron chi connectivity index (χ1n) is 8.12. The van der Waals surface area contributed by atoms with Gasteiger partial charge in [0.1, 0.15) is 5.01 Å². The first-order chi connectivity index (χ1) is 10.3. The van der Waals surface area contributed by atoms with E-state index in [4.69, 9.17) is 4.98 Å². The molecule has 21 heavy (non-hydrogen) atoms. The molecular weight excluding hydrogens is 276 g/mol. The molecule has 1 saturated carbocycles. The molecule has 0 amide bonds. The van der Waals surface area contributed by atoms with E-state index in [9.17, 15) is 0 Å². The lowest BCUT2D eigenvalue weighted by atomic mass is 9.95. The molecule has 1 atom stereocenters. The monoisotopic (exact) mass is 298 g/mol. The minimum atomic E-state index is 0.236. The van der Waals surface area contributed by atoms with Crippen molar-refractivity contribution in [1.82, 2.24) is 10.3 Å². The molecule has 2 aliphatic carbocycles. The second-order valence-electron chi connectivity index (χ2n) is 6.28. The zero-order valence-corrected chi connectivity index (χ0v) is 13.4. The summed E-state index contributed by atoms with van der Waals surface area (Å²) in [6, 6.07) is 11.4. The van der Waals surface area contributed by atoms with Crippen molar-refractivity contribution in [3.8, 4) is 0 Å². The molecule has 0 radical (unpaired) electrons. The summed E-state index contributed by atoms with van der Waals surface area (Å²) in [5.74, 6) is 0. The highest BCUT2D eigenvalue weighted by atomic mass is 32.1. The van der Waals surface area contributed by atoms with Gasteiger partial charge in [0.05, 0.1) is 11.7 Å². The Bertz CT molecular complexity index is 628. The number of hydrogen-bond acceptors (Lipinski definition) is 3. The Morgan fingerprint density at radius 2 is 2.10 bits per heavy atom. The topological polar surface area (TPSA) is 24.9 Å². The second-order valence-corrected chi connectivity index (χ2v) is 7.36. The van der Waals surface area contributed by atoms with Gasteiger partial charge in [-0.15, -0.1) is 11.3 Å². The van der Waals surface area contributed by atoms with E-state index >= 15 is 0 Å². The third kappa shape index (κ3) is 2.23. The fourth-order valence-corrected chi connectivity index (χ4v) is 5.01. The van der Waals surface area contributed by atoms with E-state index < -0.39 is 0 Å². The van der Waals surface area contributed by atoms with Crippen LogP contribution in [0.25, 0.3) is 0 Å². The molecule has 110 valence electrons. The molecule has 0 aliphatic heterocycles. The highest BCUT2D eigenvalue weighted by Crippen LogP contribution is 2.55. The van der Waals surface area contributed by atoms with E-state index in [-0.39, 0.29) is 5.41 Å². The van der Waals surface area contributed by atoms with E-state index in [0.29, 0.717) is 6.04 Å². The van der Waals surface area contributed by atoms with Gasteiger partial charge in [0, 0.05) is 10.3 Å². The van der Waals surface area contributed by atoms with Crippen LogP contribution in [0.15, 0.2) is 30.3 Å². The number of thiazole rings is 1. The van der Waals surface area contributed by atoms with Gasteiger partial charge < -0.3 is 5.32 Å². The van der Waals surface area contributed by atoms with Crippen LogP contribution in [0.2, 0.25) is 0 Å². The number of benzene rings is 1. The Morgan fingerprint density at radius 3 is 2.81 bits per heavy atom. The van der Waals surface area contributed by atoms with E-state index in [1.54, 1.807) is 0 Å². The van der Waals surface area contributed by atoms with Crippen molar-refractivity contribution in [3.63, 3.8) is 0 Å². The SMILES string of the molecule is CCNC1CCCc2sc(C3(c4ccccc4)CC3)nc21. The van der Waals surface area contributed by atoms with E-state index in [1.807, 2.05) is 11.3 Å². The second kappa shape index (κ2) is 5.22. The molecule has 2 nitrogen and oxygen atoms in total. The highest BCUT2D eigenvalue weighted by molar-refractivity contribution is 7.12. The maximum atomic E-state index is 5.12. The molecule has 1 unspecified atom stereocenters. The van der Waals surface area contributed by atoms with Crippen LogP contribution in [0.5, 0.6) is 0 Å². The van der Waals surface area contributed by atoms with Crippen molar-refractivity contribution in [2.75, 3.05) is 6.54 Å². The van der Waals surface area contributed by atoms with E-state index in [2.05, 4.69) is 42.6 Å². The largest absolute Gasteiger partial charge is 0.309 e. The van der Waals surface area contributed by atoms with Crippen molar-refractivity contribution >= 4 is 11.3 Å². The van der Waals surface area contributed by atoms with Gasteiger partial charge in [-0.3, -0.25) is 0 Å².